The SMILES string of the molecule is O=S(=O)(Nc1ncn(Cc2cccc(C(F)(F)F)c2)n1)c1cccc2cccnc12. The first kappa shape index (κ1) is 19.8. The smallest absolute Gasteiger partial charge is 0.255 e. The summed E-state index contributed by atoms with van der Waals surface area (Å²) in [6, 6.07) is 13.0. The minimum Gasteiger partial charge on any atom is -0.255 e. The maximum Gasteiger partial charge on any atom is 0.416 e. The summed E-state index contributed by atoms with van der Waals surface area (Å²) in [4.78, 5) is 7.98. The highest BCUT2D eigenvalue weighted by Crippen LogP contribution is 2.29. The predicted octanol–water partition coefficient (Wildman–Crippen LogP) is 3.69. The van der Waals surface area contributed by atoms with E-state index in [0.29, 0.717) is 16.5 Å². The van der Waals surface area contributed by atoms with Crippen LogP contribution in [0.1, 0.15) is 11.1 Å². The molecule has 0 amide bonds. The van der Waals surface area contributed by atoms with Gasteiger partial charge in [-0.25, -0.2) is 17.8 Å². The molecule has 0 bridgehead atoms. The molecule has 2 aromatic carbocycles. The summed E-state index contributed by atoms with van der Waals surface area (Å²) in [5.41, 5.74) is -0.122. The molecule has 0 aliphatic heterocycles. The lowest BCUT2D eigenvalue weighted by Gasteiger charge is -2.09. The zero-order valence-electron chi connectivity index (χ0n) is 15.2. The molecule has 0 radical (unpaired) electrons. The lowest BCUT2D eigenvalue weighted by molar-refractivity contribution is -0.137. The summed E-state index contributed by atoms with van der Waals surface area (Å²) >= 11 is 0. The molecule has 154 valence electrons. The zero-order valence-corrected chi connectivity index (χ0v) is 16.0. The molecule has 0 aliphatic carbocycles. The fourth-order valence-corrected chi connectivity index (χ4v) is 4.05. The van der Waals surface area contributed by atoms with E-state index >= 15 is 0 Å². The van der Waals surface area contributed by atoms with Gasteiger partial charge in [0.2, 0.25) is 0 Å². The van der Waals surface area contributed by atoms with Crippen molar-refractivity contribution in [2.75, 3.05) is 4.72 Å². The molecule has 30 heavy (non-hydrogen) atoms. The first-order valence-electron chi connectivity index (χ1n) is 8.64. The zero-order chi connectivity index (χ0) is 21.4. The third-order valence-electron chi connectivity index (χ3n) is 4.25. The summed E-state index contributed by atoms with van der Waals surface area (Å²) in [5.74, 6) is -0.199. The second-order valence-corrected chi connectivity index (χ2v) is 8.05. The van der Waals surface area contributed by atoms with Crippen molar-refractivity contribution in [3.63, 3.8) is 0 Å². The molecule has 2 heterocycles. The molecule has 0 spiro atoms. The van der Waals surface area contributed by atoms with E-state index in [9.17, 15) is 21.6 Å². The largest absolute Gasteiger partial charge is 0.416 e. The van der Waals surface area contributed by atoms with Gasteiger partial charge in [-0.3, -0.25) is 4.98 Å². The van der Waals surface area contributed by atoms with E-state index in [2.05, 4.69) is 19.8 Å². The van der Waals surface area contributed by atoms with E-state index in [1.54, 1.807) is 24.3 Å². The van der Waals surface area contributed by atoms with Crippen molar-refractivity contribution in [3.05, 3.63) is 78.2 Å². The number of nitrogens with one attached hydrogen (secondary N) is 1. The number of nitrogens with zero attached hydrogens (tertiary/aromatic N) is 4. The van der Waals surface area contributed by atoms with Crippen LogP contribution in [0, 0.1) is 0 Å². The van der Waals surface area contributed by atoms with Crippen LogP contribution in [0.15, 0.2) is 72.0 Å². The molecular weight excluding hydrogens is 419 g/mol. The Morgan fingerprint density at radius 3 is 2.57 bits per heavy atom. The van der Waals surface area contributed by atoms with E-state index in [-0.39, 0.29) is 17.4 Å². The molecule has 0 aliphatic rings. The van der Waals surface area contributed by atoms with Crippen molar-refractivity contribution in [2.24, 2.45) is 0 Å². The number of para-hydroxylation sites is 1. The Bertz CT molecular complexity index is 1310. The van der Waals surface area contributed by atoms with Crippen LogP contribution < -0.4 is 4.72 Å². The van der Waals surface area contributed by atoms with Gasteiger partial charge in [-0.1, -0.05) is 30.3 Å². The van der Waals surface area contributed by atoms with Crippen molar-refractivity contribution in [1.29, 1.82) is 0 Å². The molecule has 1 N–H and O–H groups in total. The molecule has 11 heteroatoms. The lowest BCUT2D eigenvalue weighted by Crippen LogP contribution is -2.15. The van der Waals surface area contributed by atoms with Gasteiger partial charge >= 0.3 is 6.18 Å². The summed E-state index contributed by atoms with van der Waals surface area (Å²) in [6.45, 7) is -0.00549. The Morgan fingerprint density at radius 2 is 1.77 bits per heavy atom. The predicted molar refractivity (Wildman–Crippen MR) is 103 cm³/mol. The Balaban J connectivity index is 1.56. The number of rotatable bonds is 5. The summed E-state index contributed by atoms with van der Waals surface area (Å²) in [5, 5.41) is 4.66. The summed E-state index contributed by atoms with van der Waals surface area (Å²) < 4.78 is 67.6. The number of hydrogen-bond donors (Lipinski definition) is 1. The van der Waals surface area contributed by atoms with Crippen LogP contribution in [-0.2, 0) is 22.7 Å². The van der Waals surface area contributed by atoms with Gasteiger partial charge in [-0.05, 0) is 29.8 Å². The van der Waals surface area contributed by atoms with Crippen molar-refractivity contribution >= 4 is 26.9 Å². The Hall–Kier alpha value is -3.47. The molecule has 0 saturated heterocycles. The van der Waals surface area contributed by atoms with Crippen molar-refractivity contribution < 1.29 is 21.6 Å². The van der Waals surface area contributed by atoms with Gasteiger partial charge in [0.05, 0.1) is 17.6 Å². The van der Waals surface area contributed by atoms with Crippen molar-refractivity contribution in [3.8, 4) is 0 Å². The Labute approximate surface area is 169 Å². The maximum absolute atomic E-state index is 12.9. The molecule has 4 rings (SSSR count). The Kier molecular flexibility index (Phi) is 4.90. The van der Waals surface area contributed by atoms with Crippen molar-refractivity contribution in [2.45, 2.75) is 17.6 Å². The number of alkyl halides is 3. The first-order valence-corrected chi connectivity index (χ1v) is 10.1. The number of pyridine rings is 1. The topological polar surface area (TPSA) is 89.8 Å². The third-order valence-corrected chi connectivity index (χ3v) is 5.61. The van der Waals surface area contributed by atoms with Gasteiger partial charge in [-0.15, -0.1) is 5.10 Å². The highest BCUT2D eigenvalue weighted by Gasteiger charge is 2.30. The van der Waals surface area contributed by atoms with Gasteiger partial charge in [0.25, 0.3) is 16.0 Å². The second-order valence-electron chi connectivity index (χ2n) is 6.40. The van der Waals surface area contributed by atoms with Gasteiger partial charge in [0.15, 0.2) is 0 Å². The van der Waals surface area contributed by atoms with Crippen LogP contribution in [0.3, 0.4) is 0 Å². The average Bonchev–Trinajstić information content (AvgIpc) is 3.13. The van der Waals surface area contributed by atoms with E-state index in [4.69, 9.17) is 0 Å². The van der Waals surface area contributed by atoms with Crippen LogP contribution in [0.25, 0.3) is 10.9 Å². The molecule has 2 aromatic heterocycles. The van der Waals surface area contributed by atoms with Crippen LogP contribution >= 0.6 is 0 Å². The van der Waals surface area contributed by atoms with Gasteiger partial charge < -0.3 is 0 Å². The number of fused-ring (bicyclic) bond motifs is 1. The first-order chi connectivity index (χ1) is 14.2. The Morgan fingerprint density at radius 1 is 1.00 bits per heavy atom. The van der Waals surface area contributed by atoms with Crippen LogP contribution in [0.2, 0.25) is 0 Å². The van der Waals surface area contributed by atoms with Gasteiger partial charge in [-0.2, -0.15) is 18.2 Å². The van der Waals surface area contributed by atoms with Gasteiger partial charge in [0, 0.05) is 11.6 Å². The van der Waals surface area contributed by atoms with Crippen molar-refractivity contribution in [1.82, 2.24) is 19.7 Å². The lowest BCUT2D eigenvalue weighted by atomic mass is 10.1. The van der Waals surface area contributed by atoms with E-state index in [0.717, 1.165) is 12.1 Å². The molecule has 4 aromatic rings. The number of anilines is 1. The molecule has 0 saturated carbocycles. The van der Waals surface area contributed by atoms with E-state index in [1.165, 1.54) is 35.4 Å². The number of hydrogen-bond acceptors (Lipinski definition) is 5. The van der Waals surface area contributed by atoms with E-state index < -0.39 is 21.8 Å². The average molecular weight is 433 g/mol. The normalized spacial score (nSPS) is 12.2. The van der Waals surface area contributed by atoms with Gasteiger partial charge in [0.1, 0.15) is 11.2 Å². The number of benzene rings is 2. The fraction of sp³-hybridized carbons (Fsp3) is 0.105. The molecule has 7 nitrogen and oxygen atoms in total. The quantitative estimate of drug-likeness (QED) is 0.519. The minimum atomic E-state index is -4.45. The number of halogens is 3. The van der Waals surface area contributed by atoms with Crippen LogP contribution in [0.5, 0.6) is 0 Å². The molecule has 0 unspecified atom stereocenters. The number of aromatic nitrogens is 4. The maximum atomic E-state index is 12.9. The molecule has 0 fully saturated rings. The fourth-order valence-electron chi connectivity index (χ4n) is 2.92. The molecular formula is C19H14F3N5O2S. The number of sulfonamides is 1. The monoisotopic (exact) mass is 433 g/mol. The highest BCUT2D eigenvalue weighted by molar-refractivity contribution is 7.93. The van der Waals surface area contributed by atoms with Crippen LogP contribution in [-0.4, -0.2) is 28.2 Å². The standard InChI is InChI=1S/C19H14F3N5O2S/c20-19(21,22)15-7-1-4-13(10-15)11-27-12-24-18(25-27)26-30(28,29)16-8-2-5-14-6-3-9-23-17(14)16/h1-10,12H,11H2,(H,25,26). The van der Waals surface area contributed by atoms with Crippen LogP contribution in [0.4, 0.5) is 19.1 Å². The second kappa shape index (κ2) is 7.41. The molecule has 0 atom stereocenters. The third kappa shape index (κ3) is 4.10. The minimum absolute atomic E-state index is 0.00549. The van der Waals surface area contributed by atoms with E-state index in [1.807, 2.05) is 0 Å². The summed E-state index contributed by atoms with van der Waals surface area (Å²) in [7, 11) is -4.03. The highest BCUT2D eigenvalue weighted by atomic mass is 32.2. The summed E-state index contributed by atoms with van der Waals surface area (Å²) in [6.07, 6.45) is -1.73.